The molecule has 0 amide bonds. The largest absolute Gasteiger partial charge is 0.310 e. The van der Waals surface area contributed by atoms with Gasteiger partial charge in [-0.05, 0) is 76.8 Å². The Bertz CT molecular complexity index is 630. The van der Waals surface area contributed by atoms with E-state index in [-0.39, 0.29) is 11.9 Å². The molecule has 0 bridgehead atoms. The van der Waals surface area contributed by atoms with Gasteiger partial charge in [-0.1, -0.05) is 30.7 Å². The third kappa shape index (κ3) is 4.29. The summed E-state index contributed by atoms with van der Waals surface area (Å²) in [5.74, 6) is -0.235. The SMILES string of the molecule is CCNC(Cc1ccc(F)c(Br)c1)c1ccc(Cl)cc1C. The minimum Gasteiger partial charge on any atom is -0.310 e. The van der Waals surface area contributed by atoms with E-state index in [1.165, 1.54) is 11.6 Å². The Labute approximate surface area is 138 Å². The van der Waals surface area contributed by atoms with Crippen LogP contribution < -0.4 is 5.32 Å². The van der Waals surface area contributed by atoms with Gasteiger partial charge in [0.25, 0.3) is 0 Å². The number of hydrogen-bond acceptors (Lipinski definition) is 1. The van der Waals surface area contributed by atoms with Gasteiger partial charge < -0.3 is 5.32 Å². The van der Waals surface area contributed by atoms with Crippen molar-refractivity contribution >= 4 is 27.5 Å². The predicted octanol–water partition coefficient (Wildman–Crippen LogP) is 5.44. The van der Waals surface area contributed by atoms with Crippen LogP contribution in [0, 0.1) is 12.7 Å². The molecule has 1 atom stereocenters. The second-order valence-electron chi connectivity index (χ2n) is 5.06. The van der Waals surface area contributed by atoms with Crippen molar-refractivity contribution in [2.24, 2.45) is 0 Å². The Hall–Kier alpha value is -0.900. The summed E-state index contributed by atoms with van der Waals surface area (Å²) < 4.78 is 13.8. The molecule has 4 heteroatoms. The first-order valence-corrected chi connectivity index (χ1v) is 8.11. The van der Waals surface area contributed by atoms with E-state index in [2.05, 4.69) is 41.2 Å². The molecular weight excluding hydrogens is 353 g/mol. The highest BCUT2D eigenvalue weighted by Gasteiger charge is 2.14. The van der Waals surface area contributed by atoms with Crippen molar-refractivity contribution in [3.8, 4) is 0 Å². The molecule has 0 aliphatic heterocycles. The number of rotatable bonds is 5. The minimum absolute atomic E-state index is 0.185. The van der Waals surface area contributed by atoms with Crippen LogP contribution in [-0.4, -0.2) is 6.54 Å². The molecule has 1 N–H and O–H groups in total. The van der Waals surface area contributed by atoms with Crippen molar-refractivity contribution in [2.75, 3.05) is 6.54 Å². The van der Waals surface area contributed by atoms with Gasteiger partial charge in [-0.2, -0.15) is 0 Å². The lowest BCUT2D eigenvalue weighted by atomic mass is 9.95. The summed E-state index contributed by atoms with van der Waals surface area (Å²) in [6.45, 7) is 5.01. The zero-order valence-corrected chi connectivity index (χ0v) is 14.4. The molecule has 0 aliphatic carbocycles. The number of nitrogens with one attached hydrogen (secondary N) is 1. The molecule has 0 heterocycles. The number of aryl methyl sites for hydroxylation is 1. The molecule has 0 saturated heterocycles. The number of hydrogen-bond donors (Lipinski definition) is 1. The van der Waals surface area contributed by atoms with E-state index in [1.54, 1.807) is 0 Å². The van der Waals surface area contributed by atoms with E-state index in [0.717, 1.165) is 29.1 Å². The molecule has 0 aromatic heterocycles. The average molecular weight is 371 g/mol. The zero-order valence-electron chi connectivity index (χ0n) is 12.1. The first-order valence-electron chi connectivity index (χ1n) is 6.94. The molecule has 0 fully saturated rings. The fraction of sp³-hybridized carbons (Fsp3) is 0.294. The molecular formula is C17H18BrClFN. The standard InChI is InChI=1S/C17H18BrClFN/c1-3-21-17(14-6-5-13(19)8-11(14)2)10-12-4-7-16(20)15(18)9-12/h4-9,17,21H,3,10H2,1-2H3. The fourth-order valence-corrected chi connectivity index (χ4v) is 3.12. The monoisotopic (exact) mass is 369 g/mol. The van der Waals surface area contributed by atoms with Crippen LogP contribution in [0.4, 0.5) is 4.39 Å². The Morgan fingerprint density at radius 2 is 2.00 bits per heavy atom. The molecule has 0 spiro atoms. The summed E-state index contributed by atoms with van der Waals surface area (Å²) in [5, 5.41) is 4.24. The van der Waals surface area contributed by atoms with Crippen LogP contribution in [-0.2, 0) is 6.42 Å². The van der Waals surface area contributed by atoms with E-state index < -0.39 is 0 Å². The Balaban J connectivity index is 2.28. The molecule has 0 radical (unpaired) electrons. The quantitative estimate of drug-likeness (QED) is 0.738. The van der Waals surface area contributed by atoms with Crippen LogP contribution in [0.1, 0.15) is 29.7 Å². The molecule has 2 aromatic carbocycles. The maximum Gasteiger partial charge on any atom is 0.137 e. The Morgan fingerprint density at radius 1 is 1.24 bits per heavy atom. The maximum atomic E-state index is 13.3. The molecule has 0 saturated carbocycles. The summed E-state index contributed by atoms with van der Waals surface area (Å²) in [6, 6.07) is 11.3. The Kier molecular flexibility index (Phi) is 5.80. The van der Waals surface area contributed by atoms with E-state index >= 15 is 0 Å². The van der Waals surface area contributed by atoms with Gasteiger partial charge in [0.05, 0.1) is 4.47 Å². The van der Waals surface area contributed by atoms with E-state index in [0.29, 0.717) is 4.47 Å². The zero-order chi connectivity index (χ0) is 15.4. The van der Waals surface area contributed by atoms with Gasteiger partial charge in [-0.15, -0.1) is 0 Å². The van der Waals surface area contributed by atoms with Gasteiger partial charge in [-0.3, -0.25) is 0 Å². The molecule has 2 rings (SSSR count). The first kappa shape index (κ1) is 16.5. The lowest BCUT2D eigenvalue weighted by molar-refractivity contribution is 0.546. The normalized spacial score (nSPS) is 12.4. The predicted molar refractivity (Wildman–Crippen MR) is 90.4 cm³/mol. The van der Waals surface area contributed by atoms with Gasteiger partial charge in [0.15, 0.2) is 0 Å². The van der Waals surface area contributed by atoms with Crippen molar-refractivity contribution < 1.29 is 4.39 Å². The molecule has 1 nitrogen and oxygen atoms in total. The van der Waals surface area contributed by atoms with Gasteiger partial charge >= 0.3 is 0 Å². The maximum absolute atomic E-state index is 13.3. The average Bonchev–Trinajstić information content (AvgIpc) is 2.42. The molecule has 1 unspecified atom stereocenters. The van der Waals surface area contributed by atoms with Crippen molar-refractivity contribution in [3.63, 3.8) is 0 Å². The first-order chi connectivity index (χ1) is 10.0. The highest BCUT2D eigenvalue weighted by molar-refractivity contribution is 9.10. The van der Waals surface area contributed by atoms with Crippen molar-refractivity contribution in [1.82, 2.24) is 5.32 Å². The molecule has 2 aromatic rings. The van der Waals surface area contributed by atoms with Gasteiger partial charge in [0.2, 0.25) is 0 Å². The minimum atomic E-state index is -0.235. The van der Waals surface area contributed by atoms with Crippen molar-refractivity contribution in [3.05, 3.63) is 68.4 Å². The number of benzene rings is 2. The third-order valence-electron chi connectivity index (χ3n) is 3.48. The van der Waals surface area contributed by atoms with Crippen LogP contribution in [0.15, 0.2) is 40.9 Å². The Morgan fingerprint density at radius 3 is 2.62 bits per heavy atom. The van der Waals surface area contributed by atoms with Crippen molar-refractivity contribution in [2.45, 2.75) is 26.3 Å². The highest BCUT2D eigenvalue weighted by Crippen LogP contribution is 2.26. The molecule has 0 aliphatic rings. The summed E-state index contributed by atoms with van der Waals surface area (Å²) >= 11 is 9.27. The summed E-state index contributed by atoms with van der Waals surface area (Å²) in [4.78, 5) is 0. The summed E-state index contributed by atoms with van der Waals surface area (Å²) in [5.41, 5.74) is 3.47. The lowest BCUT2D eigenvalue weighted by Crippen LogP contribution is -2.23. The van der Waals surface area contributed by atoms with E-state index in [9.17, 15) is 4.39 Å². The van der Waals surface area contributed by atoms with Crippen LogP contribution in [0.3, 0.4) is 0 Å². The summed E-state index contributed by atoms with van der Waals surface area (Å²) in [6.07, 6.45) is 0.801. The number of likely N-dealkylation sites (N-methyl/N-ethyl adjacent to an activating group) is 1. The van der Waals surface area contributed by atoms with Crippen LogP contribution >= 0.6 is 27.5 Å². The topological polar surface area (TPSA) is 12.0 Å². The van der Waals surface area contributed by atoms with Gasteiger partial charge in [-0.25, -0.2) is 4.39 Å². The number of halogens is 3. The second-order valence-corrected chi connectivity index (χ2v) is 6.35. The van der Waals surface area contributed by atoms with Crippen LogP contribution in [0.5, 0.6) is 0 Å². The van der Waals surface area contributed by atoms with E-state index in [1.807, 2.05) is 24.3 Å². The van der Waals surface area contributed by atoms with Crippen molar-refractivity contribution in [1.29, 1.82) is 0 Å². The highest BCUT2D eigenvalue weighted by atomic mass is 79.9. The van der Waals surface area contributed by atoms with E-state index in [4.69, 9.17) is 11.6 Å². The third-order valence-corrected chi connectivity index (χ3v) is 4.32. The summed E-state index contributed by atoms with van der Waals surface area (Å²) in [7, 11) is 0. The molecule has 21 heavy (non-hydrogen) atoms. The van der Waals surface area contributed by atoms with Gasteiger partial charge in [0.1, 0.15) is 5.82 Å². The van der Waals surface area contributed by atoms with Crippen LogP contribution in [0.2, 0.25) is 5.02 Å². The fourth-order valence-electron chi connectivity index (χ4n) is 2.47. The second kappa shape index (κ2) is 7.39. The molecule has 112 valence electrons. The lowest BCUT2D eigenvalue weighted by Gasteiger charge is -2.21. The smallest absolute Gasteiger partial charge is 0.137 e. The van der Waals surface area contributed by atoms with Crippen LogP contribution in [0.25, 0.3) is 0 Å². The van der Waals surface area contributed by atoms with Gasteiger partial charge in [0, 0.05) is 11.1 Å².